The van der Waals surface area contributed by atoms with Crippen molar-refractivity contribution < 1.29 is 32.2 Å². The van der Waals surface area contributed by atoms with Gasteiger partial charge < -0.3 is 18.9 Å². The van der Waals surface area contributed by atoms with Gasteiger partial charge in [-0.05, 0) is 67.1 Å². The second kappa shape index (κ2) is 15.5. The Bertz CT molecular complexity index is 1770. The number of carbonyl (C=O) groups excluding carboxylic acids is 1. The molecular weight excluding hydrogens is 641 g/mol. The predicted octanol–water partition coefficient (Wildman–Crippen LogP) is 6.33. The molecule has 236 valence electrons. The maximum atomic E-state index is 13.7. The average Bonchev–Trinajstić information content (AvgIpc) is 3.04. The van der Waals surface area contributed by atoms with E-state index in [4.69, 9.17) is 42.1 Å². The molecule has 0 saturated carbocycles. The summed E-state index contributed by atoms with van der Waals surface area (Å²) in [6.45, 7) is 1.89. The first kappa shape index (κ1) is 33.4. The van der Waals surface area contributed by atoms with Crippen molar-refractivity contribution in [3.05, 3.63) is 106 Å². The van der Waals surface area contributed by atoms with Crippen LogP contribution in [0.2, 0.25) is 10.0 Å². The molecule has 0 aliphatic rings. The van der Waals surface area contributed by atoms with Crippen molar-refractivity contribution in [3.63, 3.8) is 0 Å². The molecule has 0 saturated heterocycles. The molecule has 1 amide bonds. The van der Waals surface area contributed by atoms with Crippen LogP contribution in [0, 0.1) is 0 Å². The van der Waals surface area contributed by atoms with Crippen LogP contribution in [0.5, 0.6) is 23.0 Å². The fourth-order valence-corrected chi connectivity index (χ4v) is 6.04. The zero-order chi connectivity index (χ0) is 32.4. The van der Waals surface area contributed by atoms with Crippen molar-refractivity contribution in [3.8, 4) is 23.0 Å². The summed E-state index contributed by atoms with van der Waals surface area (Å²) in [5.41, 5.74) is 4.06. The highest BCUT2D eigenvalue weighted by molar-refractivity contribution is 7.92. The average molecular weight is 673 g/mol. The molecule has 0 fully saturated rings. The number of hydrazone groups is 1. The van der Waals surface area contributed by atoms with Crippen LogP contribution in [-0.4, -0.2) is 47.9 Å². The highest BCUT2D eigenvalue weighted by Gasteiger charge is 2.28. The quantitative estimate of drug-likeness (QED) is 0.123. The first-order chi connectivity index (χ1) is 21.7. The first-order valence-electron chi connectivity index (χ1n) is 13.6. The summed E-state index contributed by atoms with van der Waals surface area (Å²) in [6.07, 6.45) is 1.41. The number of hydrogen-bond acceptors (Lipinski definition) is 8. The Morgan fingerprint density at radius 3 is 2.29 bits per heavy atom. The van der Waals surface area contributed by atoms with Crippen molar-refractivity contribution in [2.24, 2.45) is 5.10 Å². The molecule has 4 rings (SSSR count). The van der Waals surface area contributed by atoms with Crippen molar-refractivity contribution in [1.29, 1.82) is 0 Å². The van der Waals surface area contributed by atoms with Crippen LogP contribution < -0.4 is 28.7 Å². The number of halogens is 2. The molecule has 4 aromatic rings. The van der Waals surface area contributed by atoms with E-state index in [1.807, 2.05) is 6.92 Å². The van der Waals surface area contributed by atoms with E-state index in [1.54, 1.807) is 66.7 Å². The highest BCUT2D eigenvalue weighted by atomic mass is 35.5. The summed E-state index contributed by atoms with van der Waals surface area (Å²) in [4.78, 5) is 12.9. The zero-order valence-electron chi connectivity index (χ0n) is 24.7. The number of para-hydroxylation sites is 1. The van der Waals surface area contributed by atoms with Gasteiger partial charge in [-0.1, -0.05) is 47.5 Å². The second-order valence-electron chi connectivity index (χ2n) is 9.32. The van der Waals surface area contributed by atoms with Crippen LogP contribution in [-0.2, 0) is 21.4 Å². The van der Waals surface area contributed by atoms with Gasteiger partial charge in [-0.15, -0.1) is 0 Å². The minimum atomic E-state index is -4.19. The van der Waals surface area contributed by atoms with Crippen molar-refractivity contribution in [2.75, 3.05) is 31.7 Å². The molecule has 1 N–H and O–H groups in total. The molecule has 4 aromatic carbocycles. The lowest BCUT2D eigenvalue weighted by molar-refractivity contribution is -0.119. The maximum Gasteiger partial charge on any atom is 0.264 e. The van der Waals surface area contributed by atoms with E-state index < -0.39 is 22.5 Å². The van der Waals surface area contributed by atoms with Gasteiger partial charge in [-0.25, -0.2) is 13.8 Å². The zero-order valence-corrected chi connectivity index (χ0v) is 27.0. The summed E-state index contributed by atoms with van der Waals surface area (Å²) < 4.78 is 50.6. The first-order valence-corrected chi connectivity index (χ1v) is 15.8. The number of nitrogens with one attached hydrogen (secondary N) is 1. The molecule has 10 nitrogen and oxygen atoms in total. The topological polar surface area (TPSA) is 116 Å². The number of ether oxygens (including phenoxy) is 4. The minimum absolute atomic E-state index is 0.0793. The molecule has 0 aromatic heterocycles. The Balaban J connectivity index is 1.48. The van der Waals surface area contributed by atoms with Crippen molar-refractivity contribution in [1.82, 2.24) is 5.43 Å². The summed E-state index contributed by atoms with van der Waals surface area (Å²) in [7, 11) is -1.33. The van der Waals surface area contributed by atoms with Gasteiger partial charge in [0.1, 0.15) is 13.2 Å². The van der Waals surface area contributed by atoms with E-state index in [2.05, 4.69) is 10.5 Å². The normalized spacial score (nSPS) is 11.2. The Kier molecular flexibility index (Phi) is 11.5. The maximum absolute atomic E-state index is 13.7. The van der Waals surface area contributed by atoms with Crippen LogP contribution in [0.4, 0.5) is 5.69 Å². The summed E-state index contributed by atoms with van der Waals surface area (Å²) in [6, 6.07) is 22.8. The van der Waals surface area contributed by atoms with Crippen LogP contribution >= 0.6 is 23.2 Å². The second-order valence-corrected chi connectivity index (χ2v) is 12.0. The van der Waals surface area contributed by atoms with E-state index in [1.165, 1.54) is 38.6 Å². The SMILES string of the molecule is CCOc1cc(/C=N\NC(=O)CN(c2ccccc2)S(=O)(=O)c2ccc(OC)c(OC)c2)ccc1OCc1ccc(Cl)cc1Cl. The molecular formula is C32H31Cl2N3O7S. The molecule has 0 heterocycles. The van der Waals surface area contributed by atoms with Gasteiger partial charge in [0.2, 0.25) is 0 Å². The Morgan fingerprint density at radius 1 is 0.867 bits per heavy atom. The molecule has 13 heteroatoms. The van der Waals surface area contributed by atoms with Gasteiger partial charge in [0.25, 0.3) is 15.9 Å². The third-order valence-corrected chi connectivity index (χ3v) is 8.70. The fraction of sp³-hybridized carbons (Fsp3) is 0.188. The summed E-state index contributed by atoms with van der Waals surface area (Å²) >= 11 is 12.2. The number of nitrogens with zero attached hydrogens (tertiary/aromatic N) is 2. The monoisotopic (exact) mass is 671 g/mol. The number of amides is 1. The molecule has 0 spiro atoms. The summed E-state index contributed by atoms with van der Waals surface area (Å²) in [5, 5.41) is 5.05. The van der Waals surface area contributed by atoms with Crippen molar-refractivity contribution >= 4 is 51.0 Å². The van der Waals surface area contributed by atoms with Gasteiger partial charge >= 0.3 is 0 Å². The molecule has 0 bridgehead atoms. The van der Waals surface area contributed by atoms with Gasteiger partial charge in [0.15, 0.2) is 23.0 Å². The lowest BCUT2D eigenvalue weighted by atomic mass is 10.2. The number of benzene rings is 4. The van der Waals surface area contributed by atoms with Crippen LogP contribution in [0.3, 0.4) is 0 Å². The Labute approximate surface area is 272 Å². The van der Waals surface area contributed by atoms with Gasteiger partial charge in [-0.2, -0.15) is 5.10 Å². The lowest BCUT2D eigenvalue weighted by Gasteiger charge is -2.24. The lowest BCUT2D eigenvalue weighted by Crippen LogP contribution is -2.39. The molecule has 0 radical (unpaired) electrons. The van der Waals surface area contributed by atoms with Gasteiger partial charge in [-0.3, -0.25) is 9.10 Å². The summed E-state index contributed by atoms with van der Waals surface area (Å²) in [5.74, 6) is 0.895. The number of sulfonamides is 1. The van der Waals surface area contributed by atoms with E-state index in [9.17, 15) is 13.2 Å². The Morgan fingerprint density at radius 2 is 1.60 bits per heavy atom. The van der Waals surface area contributed by atoms with Crippen LogP contribution in [0.25, 0.3) is 0 Å². The number of hydrogen-bond donors (Lipinski definition) is 1. The van der Waals surface area contributed by atoms with Gasteiger partial charge in [0.05, 0.1) is 37.6 Å². The molecule has 0 aliphatic carbocycles. The van der Waals surface area contributed by atoms with E-state index >= 15 is 0 Å². The molecule has 0 aliphatic heterocycles. The standard InChI is InChI=1S/C32H31Cl2N3O7S/c1-4-43-31-16-22(10-14-29(31)44-21-23-11-12-24(33)17-27(23)34)19-35-36-32(38)20-37(25-8-6-5-7-9-25)45(39,40)26-13-15-28(41-2)30(18-26)42-3/h5-19H,4,20-21H2,1-3H3,(H,36,38)/b35-19-. The van der Waals surface area contributed by atoms with E-state index in [0.717, 1.165) is 9.87 Å². The molecule has 0 unspecified atom stereocenters. The van der Waals surface area contributed by atoms with E-state index in [0.29, 0.717) is 45.2 Å². The molecule has 45 heavy (non-hydrogen) atoms. The number of carbonyl (C=O) groups is 1. The number of rotatable bonds is 14. The van der Waals surface area contributed by atoms with Crippen molar-refractivity contribution in [2.45, 2.75) is 18.4 Å². The van der Waals surface area contributed by atoms with E-state index in [-0.39, 0.29) is 17.3 Å². The third kappa shape index (κ3) is 8.59. The largest absolute Gasteiger partial charge is 0.493 e. The predicted molar refractivity (Wildman–Crippen MR) is 175 cm³/mol. The minimum Gasteiger partial charge on any atom is -0.493 e. The molecule has 0 atom stereocenters. The number of anilines is 1. The Hall–Kier alpha value is -4.45. The number of methoxy groups -OCH3 is 2. The smallest absolute Gasteiger partial charge is 0.264 e. The van der Waals surface area contributed by atoms with Crippen LogP contribution in [0.15, 0.2) is 94.9 Å². The third-order valence-electron chi connectivity index (χ3n) is 6.34. The van der Waals surface area contributed by atoms with Gasteiger partial charge in [0, 0.05) is 21.7 Å². The highest BCUT2D eigenvalue weighted by Crippen LogP contribution is 2.33. The fourth-order valence-electron chi connectivity index (χ4n) is 4.14. The van der Waals surface area contributed by atoms with Crippen LogP contribution in [0.1, 0.15) is 18.1 Å².